The van der Waals surface area contributed by atoms with Gasteiger partial charge in [0.05, 0.1) is 9.85 Å². The lowest BCUT2D eigenvalue weighted by molar-refractivity contribution is -0.421. The van der Waals surface area contributed by atoms with Gasteiger partial charge in [-0.25, -0.2) is 4.98 Å². The third kappa shape index (κ3) is 1.61. The van der Waals surface area contributed by atoms with Crippen LogP contribution >= 0.6 is 0 Å². The summed E-state index contributed by atoms with van der Waals surface area (Å²) in [5, 5.41) is 39.7. The zero-order chi connectivity index (χ0) is 13.4. The van der Waals surface area contributed by atoms with Gasteiger partial charge in [-0.05, 0) is 6.07 Å². The maximum atomic E-state index is 10.8. The molecule has 0 unspecified atom stereocenters. The number of nitrogens with zero attached hydrogens (tertiary/aromatic N) is 4. The van der Waals surface area contributed by atoms with Crippen molar-refractivity contribution in [3.05, 3.63) is 32.4 Å². The summed E-state index contributed by atoms with van der Waals surface area (Å²) >= 11 is 0. The molecule has 0 aliphatic rings. The Bertz CT molecular complexity index is 685. The smallest absolute Gasteiger partial charge is 0.373 e. The Morgan fingerprint density at radius 3 is 2.17 bits per heavy atom. The first-order chi connectivity index (χ1) is 8.41. The van der Waals surface area contributed by atoms with Gasteiger partial charge in [0, 0.05) is 6.07 Å². The molecule has 0 bridgehead atoms. The average Bonchev–Trinajstić information content (AvgIpc) is 2.28. The van der Waals surface area contributed by atoms with Crippen LogP contribution in [0.2, 0.25) is 0 Å². The van der Waals surface area contributed by atoms with Crippen LogP contribution in [0, 0.1) is 20.2 Å². The molecule has 18 heavy (non-hydrogen) atoms. The van der Waals surface area contributed by atoms with Crippen LogP contribution in [-0.4, -0.2) is 30.0 Å². The van der Waals surface area contributed by atoms with Crippen LogP contribution < -0.4 is 0 Å². The van der Waals surface area contributed by atoms with Crippen molar-refractivity contribution in [2.75, 3.05) is 0 Å². The van der Waals surface area contributed by atoms with Gasteiger partial charge in [-0.15, -0.1) is 0 Å². The van der Waals surface area contributed by atoms with Crippen molar-refractivity contribution >= 4 is 22.4 Å². The maximum absolute atomic E-state index is 10.8. The highest BCUT2D eigenvalue weighted by Gasteiger charge is 2.29. The van der Waals surface area contributed by atoms with Crippen molar-refractivity contribution in [1.29, 1.82) is 0 Å². The third-order valence-electron chi connectivity index (χ3n) is 2.13. The lowest BCUT2D eigenvalue weighted by Gasteiger charge is -2.01. The summed E-state index contributed by atoms with van der Waals surface area (Å²) in [6, 6.07) is 1.97. The molecular formula is C8H4N4O6. The van der Waals surface area contributed by atoms with Gasteiger partial charge in [0.15, 0.2) is 5.52 Å². The number of aromatic hydroxyl groups is 2. The fourth-order valence-corrected chi connectivity index (χ4v) is 1.41. The van der Waals surface area contributed by atoms with E-state index in [9.17, 15) is 20.2 Å². The van der Waals surface area contributed by atoms with Gasteiger partial charge in [-0.1, -0.05) is 0 Å². The van der Waals surface area contributed by atoms with E-state index in [2.05, 4.69) is 9.97 Å². The quantitative estimate of drug-likeness (QED) is 0.589. The Kier molecular flexibility index (Phi) is 2.39. The first-order valence-electron chi connectivity index (χ1n) is 4.43. The molecule has 1 aromatic carbocycles. The Morgan fingerprint density at radius 2 is 1.61 bits per heavy atom. The minimum Gasteiger partial charge on any atom is -0.489 e. The molecule has 10 nitrogen and oxygen atoms in total. The molecule has 0 fully saturated rings. The second kappa shape index (κ2) is 3.76. The molecule has 1 aromatic heterocycles. The van der Waals surface area contributed by atoms with E-state index in [0.717, 1.165) is 12.1 Å². The maximum Gasteiger partial charge on any atom is 0.373 e. The molecule has 0 aliphatic heterocycles. The number of nitro groups is 2. The molecule has 2 aromatic rings. The normalized spacial score (nSPS) is 10.4. The van der Waals surface area contributed by atoms with E-state index in [4.69, 9.17) is 10.2 Å². The Morgan fingerprint density at radius 1 is 1.00 bits per heavy atom. The van der Waals surface area contributed by atoms with Crippen LogP contribution in [0.15, 0.2) is 12.1 Å². The first-order valence-corrected chi connectivity index (χ1v) is 4.43. The van der Waals surface area contributed by atoms with Gasteiger partial charge >= 0.3 is 11.4 Å². The molecular weight excluding hydrogens is 248 g/mol. The Balaban J connectivity index is 2.94. The van der Waals surface area contributed by atoms with E-state index in [1.165, 1.54) is 0 Å². The predicted octanol–water partition coefficient (Wildman–Crippen LogP) is 0.857. The number of hydrogen-bond donors (Lipinski definition) is 2. The van der Waals surface area contributed by atoms with Crippen molar-refractivity contribution in [2.45, 2.75) is 0 Å². The number of hydrogen-bond acceptors (Lipinski definition) is 8. The zero-order valence-electron chi connectivity index (χ0n) is 8.47. The molecule has 0 saturated carbocycles. The molecule has 0 spiro atoms. The van der Waals surface area contributed by atoms with Crippen molar-refractivity contribution in [3.63, 3.8) is 0 Å². The van der Waals surface area contributed by atoms with E-state index in [0.29, 0.717) is 0 Å². The minimum absolute atomic E-state index is 0.136. The van der Waals surface area contributed by atoms with Crippen LogP contribution in [0.3, 0.4) is 0 Å². The molecule has 0 aliphatic carbocycles. The molecule has 2 rings (SSSR count). The SMILES string of the molecule is O=[N+]([O-])c1ccc2nc(O)c(O)nc2c1[N+](=O)[O-]. The van der Waals surface area contributed by atoms with Gasteiger partial charge in [-0.3, -0.25) is 20.2 Å². The van der Waals surface area contributed by atoms with Crippen molar-refractivity contribution in [2.24, 2.45) is 0 Å². The molecule has 0 amide bonds. The fraction of sp³-hybridized carbons (Fsp3) is 0. The minimum atomic E-state index is -0.994. The van der Waals surface area contributed by atoms with E-state index in [1.807, 2.05) is 0 Å². The van der Waals surface area contributed by atoms with Crippen molar-refractivity contribution in [3.8, 4) is 11.8 Å². The molecule has 0 radical (unpaired) electrons. The number of nitro benzene ring substituents is 2. The molecule has 10 heteroatoms. The van der Waals surface area contributed by atoms with Crippen molar-refractivity contribution < 1.29 is 20.1 Å². The van der Waals surface area contributed by atoms with E-state index in [1.54, 1.807) is 0 Å². The highest BCUT2D eigenvalue weighted by molar-refractivity contribution is 5.89. The fourth-order valence-electron chi connectivity index (χ4n) is 1.41. The lowest BCUT2D eigenvalue weighted by Crippen LogP contribution is -1.99. The second-order valence-electron chi connectivity index (χ2n) is 3.19. The summed E-state index contributed by atoms with van der Waals surface area (Å²) in [4.78, 5) is 26.3. The summed E-state index contributed by atoms with van der Waals surface area (Å²) in [5.41, 5.74) is -2.26. The standard InChI is InChI=1S/C8H4N4O6/c13-7-8(14)10-5-3(9-7)1-2-4(11(15)16)6(5)12(17)18/h1-2H,(H,9,13)(H,10,14). The molecule has 92 valence electrons. The molecule has 0 saturated heterocycles. The van der Waals surface area contributed by atoms with Gasteiger partial charge in [0.25, 0.3) is 11.8 Å². The lowest BCUT2D eigenvalue weighted by atomic mass is 10.2. The third-order valence-corrected chi connectivity index (χ3v) is 2.13. The molecule has 2 N–H and O–H groups in total. The predicted molar refractivity (Wildman–Crippen MR) is 56.2 cm³/mol. The Hall–Kier alpha value is -3.04. The molecule has 1 heterocycles. The van der Waals surface area contributed by atoms with Crippen LogP contribution in [0.5, 0.6) is 11.8 Å². The van der Waals surface area contributed by atoms with E-state index < -0.39 is 38.5 Å². The number of fused-ring (bicyclic) bond motifs is 1. The monoisotopic (exact) mass is 252 g/mol. The average molecular weight is 252 g/mol. The van der Waals surface area contributed by atoms with E-state index >= 15 is 0 Å². The summed E-state index contributed by atoms with van der Waals surface area (Å²) < 4.78 is 0. The second-order valence-corrected chi connectivity index (χ2v) is 3.19. The van der Waals surface area contributed by atoms with Crippen LogP contribution in [0.4, 0.5) is 11.4 Å². The summed E-state index contributed by atoms with van der Waals surface area (Å²) in [7, 11) is 0. The van der Waals surface area contributed by atoms with Crippen molar-refractivity contribution in [1.82, 2.24) is 9.97 Å². The van der Waals surface area contributed by atoms with Gasteiger partial charge < -0.3 is 10.2 Å². The number of benzene rings is 1. The highest BCUT2D eigenvalue weighted by Crippen LogP contribution is 2.35. The van der Waals surface area contributed by atoms with Crippen LogP contribution in [-0.2, 0) is 0 Å². The number of rotatable bonds is 2. The zero-order valence-corrected chi connectivity index (χ0v) is 8.47. The van der Waals surface area contributed by atoms with E-state index in [-0.39, 0.29) is 5.52 Å². The Labute approximate surface area is 97.4 Å². The summed E-state index contributed by atoms with van der Waals surface area (Å²) in [6.45, 7) is 0. The largest absolute Gasteiger partial charge is 0.489 e. The van der Waals surface area contributed by atoms with Crippen LogP contribution in [0.25, 0.3) is 11.0 Å². The van der Waals surface area contributed by atoms with Crippen LogP contribution in [0.1, 0.15) is 0 Å². The molecule has 0 atom stereocenters. The highest BCUT2D eigenvalue weighted by atomic mass is 16.6. The topological polar surface area (TPSA) is 153 Å². The van der Waals surface area contributed by atoms with Gasteiger partial charge in [-0.2, -0.15) is 4.98 Å². The number of aromatic nitrogens is 2. The summed E-state index contributed by atoms with van der Waals surface area (Å²) in [6.07, 6.45) is 0. The summed E-state index contributed by atoms with van der Waals surface area (Å²) in [5.74, 6) is -1.75. The van der Waals surface area contributed by atoms with Gasteiger partial charge in [0.1, 0.15) is 5.52 Å². The first kappa shape index (κ1) is 11.4. The van der Waals surface area contributed by atoms with Gasteiger partial charge in [0.2, 0.25) is 0 Å².